The predicted octanol–water partition coefficient (Wildman–Crippen LogP) is 1.64. The highest BCUT2D eigenvalue weighted by Crippen LogP contribution is 2.17. The highest BCUT2D eigenvalue weighted by atomic mass is 32.2. The third-order valence-electron chi connectivity index (χ3n) is 5.41. The number of sulfonamides is 1. The molecule has 33 heavy (non-hydrogen) atoms. The molecule has 1 aliphatic rings. The Kier molecular flexibility index (Phi) is 7.93. The highest BCUT2D eigenvalue weighted by Gasteiger charge is 2.30. The quantitative estimate of drug-likeness (QED) is 0.579. The summed E-state index contributed by atoms with van der Waals surface area (Å²) in [4.78, 5) is 29.0. The van der Waals surface area contributed by atoms with Gasteiger partial charge in [0, 0.05) is 31.9 Å². The van der Waals surface area contributed by atoms with Crippen LogP contribution in [0.2, 0.25) is 0 Å². The first-order valence-corrected chi connectivity index (χ1v) is 12.2. The molecule has 0 bridgehead atoms. The number of piperazine rings is 1. The number of carbonyl (C=O) groups excluding carboxylic acids is 2. The van der Waals surface area contributed by atoms with Gasteiger partial charge in [-0.2, -0.15) is 4.72 Å². The molecular weight excluding hydrogens is 446 g/mol. The molecule has 0 radical (unpaired) electrons. The van der Waals surface area contributed by atoms with Crippen LogP contribution in [-0.2, 0) is 24.3 Å². The summed E-state index contributed by atoms with van der Waals surface area (Å²) in [6, 6.07) is 14.6. The molecule has 0 aliphatic carbocycles. The molecule has 2 aromatic rings. The van der Waals surface area contributed by atoms with E-state index in [4.69, 9.17) is 9.47 Å². The molecule has 2 atom stereocenters. The summed E-state index contributed by atoms with van der Waals surface area (Å²) in [6.45, 7) is 5.24. The van der Waals surface area contributed by atoms with E-state index in [9.17, 15) is 18.0 Å². The van der Waals surface area contributed by atoms with E-state index in [0.717, 1.165) is 5.69 Å². The van der Waals surface area contributed by atoms with E-state index >= 15 is 0 Å². The van der Waals surface area contributed by atoms with Crippen molar-refractivity contribution >= 4 is 27.6 Å². The molecule has 0 unspecified atom stereocenters. The van der Waals surface area contributed by atoms with Crippen LogP contribution in [0.4, 0.5) is 5.69 Å². The zero-order valence-corrected chi connectivity index (χ0v) is 19.7. The zero-order valence-electron chi connectivity index (χ0n) is 18.9. The number of rotatable bonds is 8. The first-order chi connectivity index (χ1) is 15.7. The largest absolute Gasteiger partial charge is 0.497 e. The number of ether oxygens (including phenoxy) is 2. The van der Waals surface area contributed by atoms with Gasteiger partial charge in [0.25, 0.3) is 5.91 Å². The minimum atomic E-state index is -3.95. The van der Waals surface area contributed by atoms with Crippen molar-refractivity contribution in [3.63, 3.8) is 0 Å². The Labute approximate surface area is 194 Å². The summed E-state index contributed by atoms with van der Waals surface area (Å²) in [6.07, 6.45) is -1.02. The van der Waals surface area contributed by atoms with Crippen molar-refractivity contribution in [3.8, 4) is 5.75 Å². The van der Waals surface area contributed by atoms with E-state index in [0.29, 0.717) is 31.9 Å². The summed E-state index contributed by atoms with van der Waals surface area (Å²) >= 11 is 0. The molecule has 0 spiro atoms. The van der Waals surface area contributed by atoms with Crippen LogP contribution in [0, 0.1) is 0 Å². The first-order valence-electron chi connectivity index (χ1n) is 10.7. The molecule has 178 valence electrons. The van der Waals surface area contributed by atoms with Gasteiger partial charge in [-0.3, -0.25) is 9.59 Å². The normalized spacial score (nSPS) is 16.1. The minimum absolute atomic E-state index is 0.0108. The number of methoxy groups -OCH3 is 1. The fourth-order valence-corrected chi connectivity index (χ4v) is 4.70. The van der Waals surface area contributed by atoms with E-state index < -0.39 is 28.1 Å². The van der Waals surface area contributed by atoms with Crippen molar-refractivity contribution in [2.24, 2.45) is 0 Å². The number of benzene rings is 2. The van der Waals surface area contributed by atoms with E-state index in [1.807, 2.05) is 30.3 Å². The Balaban J connectivity index is 1.51. The topological polar surface area (TPSA) is 105 Å². The summed E-state index contributed by atoms with van der Waals surface area (Å²) in [7, 11) is -2.47. The number of para-hydroxylation sites is 1. The van der Waals surface area contributed by atoms with Crippen molar-refractivity contribution in [1.29, 1.82) is 0 Å². The number of anilines is 1. The van der Waals surface area contributed by atoms with Crippen molar-refractivity contribution in [2.45, 2.75) is 30.9 Å². The standard InChI is InChI=1S/C23H29N3O6S/c1-17(24-33(29,30)21-11-9-20(31-3)10-12-21)23(28)32-18(2)22(27)26-15-13-25(14-16-26)19-7-5-4-6-8-19/h4-12,17-18,24H,13-16H2,1-3H3/t17-,18+/m0/s1. The van der Waals surface area contributed by atoms with Crippen LogP contribution in [0.3, 0.4) is 0 Å². The summed E-state index contributed by atoms with van der Waals surface area (Å²) in [5, 5.41) is 0. The molecule has 0 saturated carbocycles. The number of hydrogen-bond acceptors (Lipinski definition) is 7. The van der Waals surface area contributed by atoms with Crippen LogP contribution >= 0.6 is 0 Å². The second-order valence-electron chi connectivity index (χ2n) is 7.75. The van der Waals surface area contributed by atoms with Crippen molar-refractivity contribution in [2.75, 3.05) is 38.2 Å². The van der Waals surface area contributed by atoms with Gasteiger partial charge in [-0.25, -0.2) is 8.42 Å². The molecular formula is C23H29N3O6S. The molecule has 1 N–H and O–H groups in total. The summed E-state index contributed by atoms with van der Waals surface area (Å²) in [5.74, 6) is -0.615. The van der Waals surface area contributed by atoms with E-state index in [-0.39, 0.29) is 10.8 Å². The van der Waals surface area contributed by atoms with Crippen LogP contribution in [-0.4, -0.2) is 70.6 Å². The van der Waals surface area contributed by atoms with E-state index in [1.165, 1.54) is 45.2 Å². The molecule has 0 aromatic heterocycles. The number of esters is 1. The summed E-state index contributed by atoms with van der Waals surface area (Å²) in [5.41, 5.74) is 1.10. The molecule has 3 rings (SSSR count). The van der Waals surface area contributed by atoms with Gasteiger partial charge in [0.15, 0.2) is 6.10 Å². The van der Waals surface area contributed by atoms with Crippen molar-refractivity contribution in [1.82, 2.24) is 9.62 Å². The van der Waals surface area contributed by atoms with Crippen LogP contribution in [0.1, 0.15) is 13.8 Å². The minimum Gasteiger partial charge on any atom is -0.497 e. The number of carbonyl (C=O) groups is 2. The average Bonchev–Trinajstić information content (AvgIpc) is 2.84. The SMILES string of the molecule is COc1ccc(S(=O)(=O)N[C@@H](C)C(=O)O[C@H](C)C(=O)N2CCN(c3ccccc3)CC2)cc1. The van der Waals surface area contributed by atoms with Gasteiger partial charge >= 0.3 is 5.97 Å². The molecule has 9 nitrogen and oxygen atoms in total. The molecule has 1 saturated heterocycles. The fourth-order valence-electron chi connectivity index (χ4n) is 3.51. The highest BCUT2D eigenvalue weighted by molar-refractivity contribution is 7.89. The lowest BCUT2D eigenvalue weighted by molar-refractivity contribution is -0.160. The van der Waals surface area contributed by atoms with Gasteiger partial charge in [0.2, 0.25) is 10.0 Å². The molecule has 2 aromatic carbocycles. The Morgan fingerprint density at radius 1 is 0.939 bits per heavy atom. The third-order valence-corrected chi connectivity index (χ3v) is 6.97. The smallest absolute Gasteiger partial charge is 0.324 e. The lowest BCUT2D eigenvalue weighted by Gasteiger charge is -2.37. The molecule has 1 amide bonds. The number of nitrogens with zero attached hydrogens (tertiary/aromatic N) is 2. The number of amides is 1. The number of nitrogens with one attached hydrogen (secondary N) is 1. The van der Waals surface area contributed by atoms with Gasteiger partial charge in [0.1, 0.15) is 11.8 Å². The Morgan fingerprint density at radius 2 is 1.55 bits per heavy atom. The maximum absolute atomic E-state index is 12.7. The van der Waals surface area contributed by atoms with Crippen molar-refractivity contribution < 1.29 is 27.5 Å². The Bertz CT molecular complexity index is 1050. The summed E-state index contributed by atoms with van der Waals surface area (Å²) < 4.78 is 37.6. The molecule has 10 heteroatoms. The second kappa shape index (κ2) is 10.7. The number of hydrogen-bond donors (Lipinski definition) is 1. The Morgan fingerprint density at radius 3 is 2.12 bits per heavy atom. The monoisotopic (exact) mass is 475 g/mol. The van der Waals surface area contributed by atoms with Crippen LogP contribution in [0.25, 0.3) is 0 Å². The van der Waals surface area contributed by atoms with Gasteiger partial charge in [-0.15, -0.1) is 0 Å². The first kappa shape index (κ1) is 24.5. The molecule has 1 aliphatic heterocycles. The average molecular weight is 476 g/mol. The third kappa shape index (κ3) is 6.23. The van der Waals surface area contributed by atoms with Crippen molar-refractivity contribution in [3.05, 3.63) is 54.6 Å². The van der Waals surface area contributed by atoms with Crippen LogP contribution in [0.15, 0.2) is 59.5 Å². The maximum Gasteiger partial charge on any atom is 0.324 e. The fraction of sp³-hybridized carbons (Fsp3) is 0.391. The van der Waals surface area contributed by atoms with Gasteiger partial charge in [-0.1, -0.05) is 18.2 Å². The zero-order chi connectivity index (χ0) is 24.0. The second-order valence-corrected chi connectivity index (χ2v) is 9.46. The van der Waals surface area contributed by atoms with E-state index in [2.05, 4.69) is 9.62 Å². The van der Waals surface area contributed by atoms with Crippen LogP contribution in [0.5, 0.6) is 5.75 Å². The lowest BCUT2D eigenvalue weighted by Crippen LogP contribution is -2.52. The molecule has 1 fully saturated rings. The maximum atomic E-state index is 12.7. The van der Waals surface area contributed by atoms with Gasteiger partial charge in [-0.05, 0) is 50.2 Å². The van der Waals surface area contributed by atoms with Crippen LogP contribution < -0.4 is 14.4 Å². The lowest BCUT2D eigenvalue weighted by atomic mass is 10.2. The van der Waals surface area contributed by atoms with Gasteiger partial charge < -0.3 is 19.3 Å². The predicted molar refractivity (Wildman–Crippen MR) is 124 cm³/mol. The van der Waals surface area contributed by atoms with E-state index in [1.54, 1.807) is 4.90 Å². The molecule has 1 heterocycles. The van der Waals surface area contributed by atoms with Gasteiger partial charge in [0.05, 0.1) is 12.0 Å². The Hall–Kier alpha value is -3.11.